The molecule has 0 saturated carbocycles. The van der Waals surface area contributed by atoms with Gasteiger partial charge in [-0.05, 0) is 25.1 Å². The Hall–Kier alpha value is -1.61. The van der Waals surface area contributed by atoms with E-state index in [0.717, 1.165) is 23.4 Å². The molecule has 0 radical (unpaired) electrons. The van der Waals surface area contributed by atoms with Gasteiger partial charge in [0.15, 0.2) is 0 Å². The van der Waals surface area contributed by atoms with Crippen molar-refractivity contribution in [2.24, 2.45) is 5.73 Å². The van der Waals surface area contributed by atoms with Crippen molar-refractivity contribution < 1.29 is 4.42 Å². The van der Waals surface area contributed by atoms with Gasteiger partial charge in [-0.2, -0.15) is 0 Å². The van der Waals surface area contributed by atoms with Crippen LogP contribution >= 0.6 is 0 Å². The third-order valence-corrected chi connectivity index (χ3v) is 2.33. The topological polar surface area (TPSA) is 52.0 Å². The first kappa shape index (κ1) is 9.93. The van der Waals surface area contributed by atoms with E-state index in [-0.39, 0.29) is 6.04 Å². The van der Waals surface area contributed by atoms with Gasteiger partial charge in [0.25, 0.3) is 0 Å². The second-order valence-corrected chi connectivity index (χ2v) is 3.62. The summed E-state index contributed by atoms with van der Waals surface area (Å²) in [6.45, 7) is 1.91. The Balaban J connectivity index is 2.07. The SMILES string of the molecule is Cc1cc(C(N)Cc2ccccn2)co1. The number of aryl methyl sites for hydroxylation is 1. The molecule has 0 saturated heterocycles. The molecule has 15 heavy (non-hydrogen) atoms. The minimum atomic E-state index is -0.0441. The molecule has 2 heterocycles. The smallest absolute Gasteiger partial charge is 0.101 e. The lowest BCUT2D eigenvalue weighted by molar-refractivity contribution is 0.528. The second-order valence-electron chi connectivity index (χ2n) is 3.62. The van der Waals surface area contributed by atoms with Crippen molar-refractivity contribution in [3.05, 3.63) is 53.7 Å². The normalized spacial score (nSPS) is 12.7. The number of hydrogen-bond donors (Lipinski definition) is 1. The highest BCUT2D eigenvalue weighted by Gasteiger charge is 2.09. The molecule has 78 valence electrons. The minimum Gasteiger partial charge on any atom is -0.469 e. The van der Waals surface area contributed by atoms with E-state index in [1.165, 1.54) is 0 Å². The van der Waals surface area contributed by atoms with Gasteiger partial charge >= 0.3 is 0 Å². The summed E-state index contributed by atoms with van der Waals surface area (Å²) >= 11 is 0. The first-order valence-electron chi connectivity index (χ1n) is 4.96. The molecule has 3 heteroatoms. The van der Waals surface area contributed by atoms with E-state index >= 15 is 0 Å². The van der Waals surface area contributed by atoms with Gasteiger partial charge in [-0.3, -0.25) is 4.98 Å². The monoisotopic (exact) mass is 202 g/mol. The molecule has 2 aromatic rings. The van der Waals surface area contributed by atoms with Crippen molar-refractivity contribution in [2.45, 2.75) is 19.4 Å². The van der Waals surface area contributed by atoms with Crippen LogP contribution in [0.15, 0.2) is 41.1 Å². The molecule has 0 aromatic carbocycles. The van der Waals surface area contributed by atoms with E-state index in [4.69, 9.17) is 10.2 Å². The fraction of sp³-hybridized carbons (Fsp3) is 0.250. The highest BCUT2D eigenvalue weighted by atomic mass is 16.3. The van der Waals surface area contributed by atoms with Gasteiger partial charge in [0.2, 0.25) is 0 Å². The van der Waals surface area contributed by atoms with Gasteiger partial charge in [-0.25, -0.2) is 0 Å². The van der Waals surface area contributed by atoms with Gasteiger partial charge in [0.05, 0.1) is 6.26 Å². The highest BCUT2D eigenvalue weighted by Crippen LogP contribution is 2.17. The van der Waals surface area contributed by atoms with Crippen LogP contribution in [0.25, 0.3) is 0 Å². The molecule has 2 rings (SSSR count). The summed E-state index contributed by atoms with van der Waals surface area (Å²) in [5, 5.41) is 0. The number of aromatic nitrogens is 1. The Morgan fingerprint density at radius 3 is 2.93 bits per heavy atom. The lowest BCUT2D eigenvalue weighted by Gasteiger charge is -2.07. The maximum absolute atomic E-state index is 6.04. The van der Waals surface area contributed by atoms with E-state index in [1.807, 2.05) is 31.2 Å². The van der Waals surface area contributed by atoms with E-state index in [1.54, 1.807) is 12.5 Å². The summed E-state index contributed by atoms with van der Waals surface area (Å²) in [4.78, 5) is 4.24. The van der Waals surface area contributed by atoms with Gasteiger partial charge < -0.3 is 10.2 Å². The number of rotatable bonds is 3. The Labute approximate surface area is 88.9 Å². The molecule has 0 aliphatic carbocycles. The van der Waals surface area contributed by atoms with Crippen molar-refractivity contribution in [3.63, 3.8) is 0 Å². The second kappa shape index (κ2) is 4.28. The molecular formula is C12H14N2O. The van der Waals surface area contributed by atoms with Crippen LogP contribution in [-0.2, 0) is 6.42 Å². The van der Waals surface area contributed by atoms with Crippen molar-refractivity contribution in [1.29, 1.82) is 0 Å². The molecule has 2 N–H and O–H groups in total. The maximum Gasteiger partial charge on any atom is 0.101 e. The first-order chi connectivity index (χ1) is 7.25. The van der Waals surface area contributed by atoms with Crippen LogP contribution in [0.3, 0.4) is 0 Å². The maximum atomic E-state index is 6.04. The van der Waals surface area contributed by atoms with Crippen LogP contribution in [0.4, 0.5) is 0 Å². The van der Waals surface area contributed by atoms with E-state index in [0.29, 0.717) is 0 Å². The lowest BCUT2D eigenvalue weighted by atomic mass is 10.1. The van der Waals surface area contributed by atoms with Gasteiger partial charge in [-0.15, -0.1) is 0 Å². The summed E-state index contributed by atoms with van der Waals surface area (Å²) < 4.78 is 5.22. The summed E-state index contributed by atoms with van der Waals surface area (Å²) in [6, 6.07) is 7.77. The molecule has 0 spiro atoms. The highest BCUT2D eigenvalue weighted by molar-refractivity contribution is 5.18. The molecular weight excluding hydrogens is 188 g/mol. The average Bonchev–Trinajstić information content (AvgIpc) is 2.66. The zero-order chi connectivity index (χ0) is 10.7. The number of nitrogens with two attached hydrogens (primary N) is 1. The quantitative estimate of drug-likeness (QED) is 0.830. The van der Waals surface area contributed by atoms with Crippen LogP contribution in [0.5, 0.6) is 0 Å². The summed E-state index contributed by atoms with van der Waals surface area (Å²) in [6.07, 6.45) is 4.23. The fourth-order valence-corrected chi connectivity index (χ4v) is 1.52. The van der Waals surface area contributed by atoms with Crippen LogP contribution in [0.2, 0.25) is 0 Å². The molecule has 1 unspecified atom stereocenters. The van der Waals surface area contributed by atoms with Gasteiger partial charge in [-0.1, -0.05) is 6.07 Å². The zero-order valence-corrected chi connectivity index (χ0v) is 8.68. The van der Waals surface area contributed by atoms with Crippen molar-refractivity contribution >= 4 is 0 Å². The van der Waals surface area contributed by atoms with Crippen molar-refractivity contribution in [3.8, 4) is 0 Å². The summed E-state index contributed by atoms with van der Waals surface area (Å²) in [5.41, 5.74) is 8.07. The molecule has 0 amide bonds. The van der Waals surface area contributed by atoms with E-state index < -0.39 is 0 Å². The third kappa shape index (κ3) is 2.44. The van der Waals surface area contributed by atoms with Crippen molar-refractivity contribution in [1.82, 2.24) is 4.98 Å². The molecule has 1 atom stereocenters. The fourth-order valence-electron chi connectivity index (χ4n) is 1.52. The summed E-state index contributed by atoms with van der Waals surface area (Å²) in [5.74, 6) is 0.890. The molecule has 3 nitrogen and oxygen atoms in total. The van der Waals surface area contributed by atoms with E-state index in [2.05, 4.69) is 4.98 Å². The molecule has 2 aromatic heterocycles. The number of furan rings is 1. The molecule has 0 aliphatic rings. The first-order valence-corrected chi connectivity index (χ1v) is 4.96. The molecule has 0 aliphatic heterocycles. The molecule has 0 fully saturated rings. The predicted octanol–water partition coefficient (Wildman–Crippen LogP) is 2.23. The Morgan fingerprint density at radius 1 is 1.47 bits per heavy atom. The van der Waals surface area contributed by atoms with Crippen LogP contribution < -0.4 is 5.73 Å². The number of nitrogens with zero attached hydrogens (tertiary/aromatic N) is 1. The van der Waals surface area contributed by atoms with Gasteiger partial charge in [0.1, 0.15) is 5.76 Å². The van der Waals surface area contributed by atoms with Gasteiger partial charge in [0, 0.05) is 29.9 Å². The predicted molar refractivity (Wildman–Crippen MR) is 58.3 cm³/mol. The van der Waals surface area contributed by atoms with Crippen LogP contribution in [-0.4, -0.2) is 4.98 Å². The van der Waals surface area contributed by atoms with Crippen LogP contribution in [0, 0.1) is 6.92 Å². The third-order valence-electron chi connectivity index (χ3n) is 2.33. The number of hydrogen-bond acceptors (Lipinski definition) is 3. The van der Waals surface area contributed by atoms with Crippen molar-refractivity contribution in [2.75, 3.05) is 0 Å². The number of pyridine rings is 1. The van der Waals surface area contributed by atoms with E-state index in [9.17, 15) is 0 Å². The largest absolute Gasteiger partial charge is 0.469 e. The zero-order valence-electron chi connectivity index (χ0n) is 8.68. The van der Waals surface area contributed by atoms with Crippen LogP contribution in [0.1, 0.15) is 23.1 Å². The Kier molecular flexibility index (Phi) is 2.83. The summed E-state index contributed by atoms with van der Waals surface area (Å²) in [7, 11) is 0. The standard InChI is InChI=1S/C12H14N2O/c1-9-6-10(8-15-9)12(13)7-11-4-2-3-5-14-11/h2-6,8,12H,7,13H2,1H3. The Morgan fingerprint density at radius 2 is 2.33 bits per heavy atom. The average molecular weight is 202 g/mol. The minimum absolute atomic E-state index is 0.0441. The Bertz CT molecular complexity index is 422. The lowest BCUT2D eigenvalue weighted by Crippen LogP contribution is -2.13. The molecule has 0 bridgehead atoms.